The molecule has 0 aliphatic heterocycles. The lowest BCUT2D eigenvalue weighted by molar-refractivity contribution is 0.229. The van der Waals surface area contributed by atoms with Gasteiger partial charge < -0.3 is 10.6 Å². The van der Waals surface area contributed by atoms with Crippen LogP contribution in [0.15, 0.2) is 0 Å². The molecule has 0 heterocycles. The normalized spacial score (nSPS) is 18.5. The Balaban J connectivity index is 2.27. The first-order chi connectivity index (χ1) is 8.26. The van der Waals surface area contributed by atoms with Gasteiger partial charge in [0, 0.05) is 12.1 Å². The van der Waals surface area contributed by atoms with E-state index in [1.165, 1.54) is 32.1 Å². The molecule has 3 heteroatoms. The summed E-state index contributed by atoms with van der Waals surface area (Å²) in [5, 5.41) is 6.19. The molecule has 0 radical (unpaired) electrons. The van der Waals surface area contributed by atoms with Gasteiger partial charge in [0.05, 0.1) is 0 Å². The topological polar surface area (TPSA) is 41.1 Å². The third-order valence-corrected chi connectivity index (χ3v) is 3.76. The van der Waals surface area contributed by atoms with Crippen LogP contribution in [0.3, 0.4) is 0 Å². The van der Waals surface area contributed by atoms with E-state index in [1.807, 2.05) is 0 Å². The molecule has 0 aromatic carbocycles. The third kappa shape index (κ3) is 5.94. The van der Waals surface area contributed by atoms with Crippen LogP contribution in [0.5, 0.6) is 0 Å². The molecule has 1 aliphatic carbocycles. The van der Waals surface area contributed by atoms with E-state index in [1.54, 1.807) is 0 Å². The largest absolute Gasteiger partial charge is 0.335 e. The summed E-state index contributed by atoms with van der Waals surface area (Å²) in [4.78, 5) is 11.8. The van der Waals surface area contributed by atoms with Gasteiger partial charge in [0.25, 0.3) is 0 Å². The van der Waals surface area contributed by atoms with E-state index in [0.717, 1.165) is 25.7 Å². The fourth-order valence-corrected chi connectivity index (χ4v) is 2.51. The van der Waals surface area contributed by atoms with Crippen molar-refractivity contribution in [3.63, 3.8) is 0 Å². The van der Waals surface area contributed by atoms with E-state index < -0.39 is 0 Å². The van der Waals surface area contributed by atoms with Crippen LogP contribution in [0.4, 0.5) is 4.79 Å². The van der Waals surface area contributed by atoms with E-state index in [2.05, 4.69) is 24.5 Å². The van der Waals surface area contributed by atoms with Gasteiger partial charge in [-0.15, -0.1) is 0 Å². The number of carbonyl (C=O) groups excluding carboxylic acids is 1. The van der Waals surface area contributed by atoms with Crippen LogP contribution >= 0.6 is 0 Å². The molecule has 3 nitrogen and oxygen atoms in total. The minimum Gasteiger partial charge on any atom is -0.335 e. The number of hydrogen-bond acceptors (Lipinski definition) is 1. The highest BCUT2D eigenvalue weighted by molar-refractivity contribution is 5.74. The summed E-state index contributed by atoms with van der Waals surface area (Å²) in [6.45, 7) is 4.23. The smallest absolute Gasteiger partial charge is 0.315 e. The molecule has 0 aromatic heterocycles. The van der Waals surface area contributed by atoms with Crippen LogP contribution in [-0.4, -0.2) is 18.1 Å². The molecule has 1 rings (SSSR count). The summed E-state index contributed by atoms with van der Waals surface area (Å²) >= 11 is 0. The number of hydrogen-bond donors (Lipinski definition) is 2. The molecule has 1 fully saturated rings. The summed E-state index contributed by atoms with van der Waals surface area (Å²) in [5.41, 5.74) is 0. The van der Waals surface area contributed by atoms with Gasteiger partial charge in [-0.1, -0.05) is 46.0 Å². The van der Waals surface area contributed by atoms with Gasteiger partial charge in [0.1, 0.15) is 0 Å². The molecule has 2 amide bonds. The first kappa shape index (κ1) is 14.3. The van der Waals surface area contributed by atoms with Crippen LogP contribution < -0.4 is 10.6 Å². The highest BCUT2D eigenvalue weighted by Crippen LogP contribution is 2.16. The van der Waals surface area contributed by atoms with Gasteiger partial charge in [-0.05, 0) is 25.7 Å². The maximum absolute atomic E-state index is 11.8. The van der Waals surface area contributed by atoms with E-state index in [9.17, 15) is 4.79 Å². The van der Waals surface area contributed by atoms with Crippen molar-refractivity contribution in [1.82, 2.24) is 10.6 Å². The minimum absolute atomic E-state index is 0.0317. The molecule has 100 valence electrons. The fraction of sp³-hybridized carbons (Fsp3) is 0.929. The van der Waals surface area contributed by atoms with Crippen molar-refractivity contribution in [3.8, 4) is 0 Å². The zero-order valence-corrected chi connectivity index (χ0v) is 11.4. The van der Waals surface area contributed by atoms with Crippen molar-refractivity contribution in [3.05, 3.63) is 0 Å². The highest BCUT2D eigenvalue weighted by Gasteiger charge is 2.15. The fourth-order valence-electron chi connectivity index (χ4n) is 2.51. The number of rotatable bonds is 4. The number of nitrogens with one attached hydrogen (secondary N) is 2. The lowest BCUT2D eigenvalue weighted by Gasteiger charge is -2.23. The SMILES string of the molecule is CCC(CC)NC(=O)NC1CCCCCCC1. The molecule has 2 N–H and O–H groups in total. The van der Waals surface area contributed by atoms with Crippen LogP contribution in [0.25, 0.3) is 0 Å². The van der Waals surface area contributed by atoms with Gasteiger partial charge in [0.15, 0.2) is 0 Å². The Labute approximate surface area is 106 Å². The van der Waals surface area contributed by atoms with Crippen molar-refractivity contribution in [2.24, 2.45) is 0 Å². The van der Waals surface area contributed by atoms with E-state index in [0.29, 0.717) is 12.1 Å². The second kappa shape index (κ2) is 8.37. The van der Waals surface area contributed by atoms with Crippen LogP contribution in [0, 0.1) is 0 Å². The number of urea groups is 1. The van der Waals surface area contributed by atoms with Crippen molar-refractivity contribution in [2.75, 3.05) is 0 Å². The Hall–Kier alpha value is -0.730. The summed E-state index contributed by atoms with van der Waals surface area (Å²) in [6.07, 6.45) is 10.9. The van der Waals surface area contributed by atoms with Crippen molar-refractivity contribution >= 4 is 6.03 Å². The van der Waals surface area contributed by atoms with Crippen molar-refractivity contribution < 1.29 is 4.79 Å². The van der Waals surface area contributed by atoms with Gasteiger partial charge in [-0.3, -0.25) is 0 Å². The number of carbonyl (C=O) groups is 1. The summed E-state index contributed by atoms with van der Waals surface area (Å²) < 4.78 is 0. The van der Waals surface area contributed by atoms with Crippen molar-refractivity contribution in [1.29, 1.82) is 0 Å². The zero-order valence-electron chi connectivity index (χ0n) is 11.4. The Morgan fingerprint density at radius 3 is 2.12 bits per heavy atom. The highest BCUT2D eigenvalue weighted by atomic mass is 16.2. The standard InChI is InChI=1S/C14H28N2O/c1-3-12(4-2)15-14(17)16-13-10-8-6-5-7-9-11-13/h12-13H,3-11H2,1-2H3,(H2,15,16,17). The summed E-state index contributed by atoms with van der Waals surface area (Å²) in [6, 6.07) is 0.748. The monoisotopic (exact) mass is 240 g/mol. The average molecular weight is 240 g/mol. The first-order valence-electron chi connectivity index (χ1n) is 7.33. The van der Waals surface area contributed by atoms with Crippen LogP contribution in [0.2, 0.25) is 0 Å². The molecule has 1 saturated carbocycles. The van der Waals surface area contributed by atoms with Gasteiger partial charge >= 0.3 is 6.03 Å². The maximum atomic E-state index is 11.8. The lowest BCUT2D eigenvalue weighted by Crippen LogP contribution is -2.46. The Kier molecular flexibility index (Phi) is 7.06. The second-order valence-corrected chi connectivity index (χ2v) is 5.17. The first-order valence-corrected chi connectivity index (χ1v) is 7.33. The molecule has 0 aromatic rings. The molecule has 0 spiro atoms. The molecule has 17 heavy (non-hydrogen) atoms. The Morgan fingerprint density at radius 1 is 1.06 bits per heavy atom. The maximum Gasteiger partial charge on any atom is 0.315 e. The van der Waals surface area contributed by atoms with Crippen LogP contribution in [0.1, 0.15) is 71.6 Å². The van der Waals surface area contributed by atoms with Gasteiger partial charge in [-0.2, -0.15) is 0 Å². The molecule has 0 unspecified atom stereocenters. The zero-order chi connectivity index (χ0) is 12.5. The van der Waals surface area contributed by atoms with Crippen molar-refractivity contribution in [2.45, 2.75) is 83.7 Å². The molecule has 0 bridgehead atoms. The second-order valence-electron chi connectivity index (χ2n) is 5.17. The third-order valence-electron chi connectivity index (χ3n) is 3.76. The van der Waals surface area contributed by atoms with Gasteiger partial charge in [-0.25, -0.2) is 4.79 Å². The molecule has 1 aliphatic rings. The molecular formula is C14H28N2O. The summed E-state index contributed by atoms with van der Waals surface area (Å²) in [7, 11) is 0. The van der Waals surface area contributed by atoms with Gasteiger partial charge in [0.2, 0.25) is 0 Å². The average Bonchev–Trinajstić information content (AvgIpc) is 2.29. The molecule has 0 atom stereocenters. The quantitative estimate of drug-likeness (QED) is 0.774. The van der Waals surface area contributed by atoms with E-state index in [4.69, 9.17) is 0 Å². The summed E-state index contributed by atoms with van der Waals surface area (Å²) in [5.74, 6) is 0. The predicted molar refractivity (Wildman–Crippen MR) is 72.1 cm³/mol. The molecule has 0 saturated heterocycles. The minimum atomic E-state index is 0.0317. The molecular weight excluding hydrogens is 212 g/mol. The Bertz CT molecular complexity index is 206. The van der Waals surface area contributed by atoms with E-state index in [-0.39, 0.29) is 6.03 Å². The lowest BCUT2D eigenvalue weighted by atomic mass is 9.97. The van der Waals surface area contributed by atoms with Crippen LogP contribution in [-0.2, 0) is 0 Å². The predicted octanol–water partition coefficient (Wildman–Crippen LogP) is 3.59. The van der Waals surface area contributed by atoms with E-state index >= 15 is 0 Å². The number of amides is 2. The Morgan fingerprint density at radius 2 is 1.59 bits per heavy atom.